The van der Waals surface area contributed by atoms with E-state index in [1.54, 1.807) is 0 Å². The Hall–Kier alpha value is -2.28. The molecule has 0 unspecified atom stereocenters. The predicted octanol–water partition coefficient (Wildman–Crippen LogP) is 1.57. The lowest BCUT2D eigenvalue weighted by atomic mass is 10.1. The smallest absolute Gasteiger partial charge is 0.258 e. The number of fused-ring (bicyclic) bond motifs is 1. The van der Waals surface area contributed by atoms with Crippen molar-refractivity contribution in [1.29, 1.82) is 0 Å². The molecule has 2 heterocycles. The van der Waals surface area contributed by atoms with Gasteiger partial charge in [0, 0.05) is 6.07 Å². The average molecular weight is 291 g/mol. The Balaban J connectivity index is 1.90. The van der Waals surface area contributed by atoms with Crippen molar-refractivity contribution in [2.24, 2.45) is 0 Å². The zero-order valence-electron chi connectivity index (χ0n) is 11.4. The molecule has 110 valence electrons. The number of hydrogen-bond acceptors (Lipinski definition) is 4. The zero-order valence-corrected chi connectivity index (χ0v) is 11.4. The fraction of sp³-hybridized carbons (Fsp3) is 0.357. The van der Waals surface area contributed by atoms with Gasteiger partial charge < -0.3 is 15.0 Å². The highest BCUT2D eigenvalue weighted by Crippen LogP contribution is 2.23. The molecule has 0 bridgehead atoms. The first-order valence-electron chi connectivity index (χ1n) is 6.68. The number of halogens is 1. The molecule has 3 rings (SSSR count). The fourth-order valence-electron chi connectivity index (χ4n) is 2.39. The van der Waals surface area contributed by atoms with Crippen molar-refractivity contribution in [3.05, 3.63) is 34.6 Å². The molecule has 1 saturated heterocycles. The summed E-state index contributed by atoms with van der Waals surface area (Å²) in [7, 11) is 0. The number of nitrogens with zero attached hydrogens (tertiary/aromatic N) is 1. The van der Waals surface area contributed by atoms with Crippen molar-refractivity contribution in [1.82, 2.24) is 9.97 Å². The van der Waals surface area contributed by atoms with Gasteiger partial charge in [-0.1, -0.05) is 0 Å². The predicted molar refractivity (Wildman–Crippen MR) is 74.5 cm³/mol. The zero-order chi connectivity index (χ0) is 15.0. The lowest BCUT2D eigenvalue weighted by Gasteiger charge is -2.12. The van der Waals surface area contributed by atoms with Gasteiger partial charge in [0.15, 0.2) is 0 Å². The first kappa shape index (κ1) is 13.7. The monoisotopic (exact) mass is 291 g/mol. The number of amides is 1. The normalized spacial score (nSPS) is 21.6. The van der Waals surface area contributed by atoms with Crippen LogP contribution < -0.4 is 10.9 Å². The number of nitrogens with one attached hydrogen (secondary N) is 2. The summed E-state index contributed by atoms with van der Waals surface area (Å²) in [5, 5.41) is 2.69. The Morgan fingerprint density at radius 2 is 2.29 bits per heavy atom. The third-order valence-corrected chi connectivity index (χ3v) is 3.51. The van der Waals surface area contributed by atoms with E-state index < -0.39 is 17.8 Å². The SMILES string of the molecule is C[C@@H]1CC[C@H](C(=O)Nc2cc3c(=O)[nH]cnc3cc2F)O1. The van der Waals surface area contributed by atoms with E-state index in [-0.39, 0.29) is 28.3 Å². The van der Waals surface area contributed by atoms with Crippen LogP contribution in [0.3, 0.4) is 0 Å². The van der Waals surface area contributed by atoms with Crippen molar-refractivity contribution in [3.63, 3.8) is 0 Å². The summed E-state index contributed by atoms with van der Waals surface area (Å²) in [6, 6.07) is 2.41. The van der Waals surface area contributed by atoms with Gasteiger partial charge in [0.2, 0.25) is 0 Å². The van der Waals surface area contributed by atoms with Crippen molar-refractivity contribution >= 4 is 22.5 Å². The second-order valence-electron chi connectivity index (χ2n) is 5.08. The molecule has 2 aromatic rings. The maximum absolute atomic E-state index is 14.0. The highest BCUT2D eigenvalue weighted by molar-refractivity contribution is 5.96. The average Bonchev–Trinajstić information content (AvgIpc) is 2.87. The van der Waals surface area contributed by atoms with Crippen molar-refractivity contribution in [2.75, 3.05) is 5.32 Å². The Kier molecular flexibility index (Phi) is 3.42. The molecule has 7 heteroatoms. The summed E-state index contributed by atoms with van der Waals surface area (Å²) in [6.45, 7) is 1.88. The number of benzene rings is 1. The van der Waals surface area contributed by atoms with Gasteiger partial charge in [-0.25, -0.2) is 9.37 Å². The van der Waals surface area contributed by atoms with Gasteiger partial charge >= 0.3 is 0 Å². The van der Waals surface area contributed by atoms with Gasteiger partial charge in [0.1, 0.15) is 11.9 Å². The van der Waals surface area contributed by atoms with Crippen LogP contribution in [0, 0.1) is 5.82 Å². The number of aromatic nitrogens is 2. The number of carbonyl (C=O) groups is 1. The van der Waals surface area contributed by atoms with Crippen molar-refractivity contribution < 1.29 is 13.9 Å². The second kappa shape index (κ2) is 5.25. The summed E-state index contributed by atoms with van der Waals surface area (Å²) in [4.78, 5) is 30.0. The van der Waals surface area contributed by atoms with Crippen LogP contribution in [0.15, 0.2) is 23.3 Å². The van der Waals surface area contributed by atoms with E-state index in [0.717, 1.165) is 12.5 Å². The quantitative estimate of drug-likeness (QED) is 0.879. The summed E-state index contributed by atoms with van der Waals surface area (Å²) < 4.78 is 19.4. The molecule has 1 aliphatic heterocycles. The highest BCUT2D eigenvalue weighted by atomic mass is 19.1. The number of H-pyrrole nitrogens is 1. The molecule has 1 aromatic carbocycles. The Bertz CT molecular complexity index is 759. The first-order valence-corrected chi connectivity index (χ1v) is 6.68. The van der Waals surface area contributed by atoms with Crippen LogP contribution in [-0.4, -0.2) is 28.1 Å². The number of anilines is 1. The minimum absolute atomic E-state index is 0.0224. The Morgan fingerprint density at radius 3 is 3.00 bits per heavy atom. The van der Waals surface area contributed by atoms with Crippen LogP contribution in [0.2, 0.25) is 0 Å². The van der Waals surface area contributed by atoms with Crippen LogP contribution in [0.25, 0.3) is 10.9 Å². The van der Waals surface area contributed by atoms with Crippen LogP contribution >= 0.6 is 0 Å². The molecular weight excluding hydrogens is 277 g/mol. The molecule has 2 N–H and O–H groups in total. The van der Waals surface area contributed by atoms with Crippen LogP contribution in [0.4, 0.5) is 10.1 Å². The molecule has 1 fully saturated rings. The molecule has 6 nitrogen and oxygen atoms in total. The Labute approximate surface area is 119 Å². The highest BCUT2D eigenvalue weighted by Gasteiger charge is 2.28. The van der Waals surface area contributed by atoms with Crippen molar-refractivity contribution in [2.45, 2.75) is 32.0 Å². The third-order valence-electron chi connectivity index (χ3n) is 3.51. The third kappa shape index (κ3) is 2.64. The van der Waals surface area contributed by atoms with Crippen molar-refractivity contribution in [3.8, 4) is 0 Å². The maximum atomic E-state index is 14.0. The number of aromatic amines is 1. The number of hydrogen-bond donors (Lipinski definition) is 2. The number of ether oxygens (including phenoxy) is 1. The summed E-state index contributed by atoms with van der Waals surface area (Å²) >= 11 is 0. The van der Waals surface area contributed by atoms with E-state index in [9.17, 15) is 14.0 Å². The van der Waals surface area contributed by atoms with Gasteiger partial charge in [-0.2, -0.15) is 0 Å². The minimum atomic E-state index is -0.639. The Morgan fingerprint density at radius 1 is 1.48 bits per heavy atom. The second-order valence-corrected chi connectivity index (χ2v) is 5.08. The van der Waals surface area contributed by atoms with Gasteiger partial charge in [0.05, 0.1) is 29.0 Å². The van der Waals surface area contributed by atoms with E-state index in [4.69, 9.17) is 4.74 Å². The van der Waals surface area contributed by atoms with Crippen LogP contribution in [0.5, 0.6) is 0 Å². The van der Waals surface area contributed by atoms with E-state index in [2.05, 4.69) is 15.3 Å². The standard InChI is InChI=1S/C14H14FN3O3/c1-7-2-3-12(21-7)14(20)18-11-4-8-10(5-9(11)15)16-6-17-13(8)19/h4-7,12H,2-3H2,1H3,(H,18,20)(H,16,17,19)/t7-,12-/m1/s1. The van der Waals surface area contributed by atoms with E-state index in [0.29, 0.717) is 6.42 Å². The van der Waals surface area contributed by atoms with Gasteiger partial charge in [-0.3, -0.25) is 9.59 Å². The molecule has 0 saturated carbocycles. The molecular formula is C14H14FN3O3. The summed E-state index contributed by atoms with van der Waals surface area (Å²) in [5.41, 5.74) is -0.199. The molecule has 0 aliphatic carbocycles. The first-order chi connectivity index (χ1) is 10.0. The van der Waals surface area contributed by atoms with Gasteiger partial charge in [-0.15, -0.1) is 0 Å². The topological polar surface area (TPSA) is 84.1 Å². The number of rotatable bonds is 2. The maximum Gasteiger partial charge on any atom is 0.258 e. The molecule has 2 atom stereocenters. The van der Waals surface area contributed by atoms with Gasteiger partial charge in [-0.05, 0) is 25.8 Å². The van der Waals surface area contributed by atoms with E-state index in [1.807, 2.05) is 6.92 Å². The molecule has 1 aliphatic rings. The van der Waals surface area contributed by atoms with Crippen LogP contribution in [-0.2, 0) is 9.53 Å². The largest absolute Gasteiger partial charge is 0.365 e. The van der Waals surface area contributed by atoms with Crippen LogP contribution in [0.1, 0.15) is 19.8 Å². The molecule has 0 spiro atoms. The summed E-state index contributed by atoms with van der Waals surface area (Å²) in [5.74, 6) is -1.04. The molecule has 1 amide bonds. The molecule has 0 radical (unpaired) electrons. The number of carbonyl (C=O) groups excluding carboxylic acids is 1. The lowest BCUT2D eigenvalue weighted by molar-refractivity contribution is -0.126. The van der Waals surface area contributed by atoms with Gasteiger partial charge in [0.25, 0.3) is 11.5 Å². The minimum Gasteiger partial charge on any atom is -0.365 e. The summed E-state index contributed by atoms with van der Waals surface area (Å²) in [6.07, 6.45) is 2.04. The fourth-order valence-corrected chi connectivity index (χ4v) is 2.39. The van der Waals surface area contributed by atoms with E-state index >= 15 is 0 Å². The van der Waals surface area contributed by atoms with E-state index in [1.165, 1.54) is 12.4 Å². The molecule has 21 heavy (non-hydrogen) atoms. The molecule has 1 aromatic heterocycles. The lowest BCUT2D eigenvalue weighted by Crippen LogP contribution is -2.28.